The average Bonchev–Trinajstić information content (AvgIpc) is 3.48. The molecule has 0 radical (unpaired) electrons. The predicted molar refractivity (Wildman–Crippen MR) is 118 cm³/mol. The summed E-state index contributed by atoms with van der Waals surface area (Å²) in [4.78, 5) is 31.1. The molecule has 0 aliphatic carbocycles. The first kappa shape index (κ1) is 19.2. The number of aromatic nitrogens is 5. The maximum atomic E-state index is 13.4. The lowest BCUT2D eigenvalue weighted by atomic mass is 10.1. The number of hydrogen-bond acceptors (Lipinski definition) is 4. The molecule has 4 heterocycles. The normalized spacial score (nSPS) is 11.7. The smallest absolute Gasteiger partial charge is 0.332 e. The van der Waals surface area contributed by atoms with Crippen molar-refractivity contribution in [2.75, 3.05) is 0 Å². The fourth-order valence-corrected chi connectivity index (χ4v) is 4.15. The van der Waals surface area contributed by atoms with Crippen molar-refractivity contribution in [1.82, 2.24) is 23.1 Å². The standard InChI is InChI=1S/C23H23N5O3/c1-15-16(2)28-19-20(24-22(28)27(15)14-18-10-7-13-31-18)25(3)23(30)26(21(19)29)12-11-17-8-5-4-6-9-17/h4-10,13H,11-12,14H2,1-3H3. The highest BCUT2D eigenvalue weighted by Gasteiger charge is 2.22. The summed E-state index contributed by atoms with van der Waals surface area (Å²) in [5.41, 5.74) is 3.10. The van der Waals surface area contributed by atoms with Gasteiger partial charge in [-0.1, -0.05) is 30.3 Å². The summed E-state index contributed by atoms with van der Waals surface area (Å²) >= 11 is 0. The van der Waals surface area contributed by atoms with E-state index in [2.05, 4.69) is 0 Å². The largest absolute Gasteiger partial charge is 0.467 e. The first-order valence-electron chi connectivity index (χ1n) is 10.2. The summed E-state index contributed by atoms with van der Waals surface area (Å²) in [6, 6.07) is 13.6. The molecular formula is C23H23N5O3. The maximum Gasteiger partial charge on any atom is 0.332 e. The van der Waals surface area contributed by atoms with Crippen LogP contribution < -0.4 is 11.2 Å². The van der Waals surface area contributed by atoms with Crippen molar-refractivity contribution < 1.29 is 4.42 Å². The number of aryl methyl sites for hydroxylation is 3. The lowest BCUT2D eigenvalue weighted by Crippen LogP contribution is -2.39. The third-order valence-corrected chi connectivity index (χ3v) is 5.99. The van der Waals surface area contributed by atoms with Gasteiger partial charge >= 0.3 is 5.69 Å². The molecule has 158 valence electrons. The summed E-state index contributed by atoms with van der Waals surface area (Å²) < 4.78 is 12.1. The van der Waals surface area contributed by atoms with Crippen LogP contribution in [0.25, 0.3) is 16.9 Å². The Bertz CT molecular complexity index is 1520. The van der Waals surface area contributed by atoms with E-state index in [0.717, 1.165) is 22.7 Å². The molecule has 1 aromatic carbocycles. The number of fused-ring (bicyclic) bond motifs is 3. The van der Waals surface area contributed by atoms with Crippen molar-refractivity contribution in [3.05, 3.63) is 92.3 Å². The van der Waals surface area contributed by atoms with Crippen molar-refractivity contribution in [3.63, 3.8) is 0 Å². The zero-order valence-corrected chi connectivity index (χ0v) is 17.7. The molecule has 5 aromatic rings. The van der Waals surface area contributed by atoms with Crippen LogP contribution in [0.1, 0.15) is 22.7 Å². The SMILES string of the molecule is Cc1c(C)n2c3c(=O)n(CCc4ccccc4)c(=O)n(C)c3nc2n1Cc1ccco1. The van der Waals surface area contributed by atoms with E-state index in [1.54, 1.807) is 13.3 Å². The first-order valence-corrected chi connectivity index (χ1v) is 10.2. The van der Waals surface area contributed by atoms with E-state index in [9.17, 15) is 9.59 Å². The van der Waals surface area contributed by atoms with Crippen LogP contribution in [0.5, 0.6) is 0 Å². The molecule has 0 unspecified atom stereocenters. The van der Waals surface area contributed by atoms with Gasteiger partial charge in [0.1, 0.15) is 5.76 Å². The Morgan fingerprint density at radius 3 is 2.45 bits per heavy atom. The van der Waals surface area contributed by atoms with Crippen LogP contribution in [-0.4, -0.2) is 23.1 Å². The van der Waals surface area contributed by atoms with Crippen LogP contribution >= 0.6 is 0 Å². The van der Waals surface area contributed by atoms with Gasteiger partial charge < -0.3 is 8.98 Å². The number of rotatable bonds is 5. The summed E-state index contributed by atoms with van der Waals surface area (Å²) in [5, 5.41) is 0. The Morgan fingerprint density at radius 2 is 1.74 bits per heavy atom. The zero-order chi connectivity index (χ0) is 21.7. The molecule has 0 fully saturated rings. The summed E-state index contributed by atoms with van der Waals surface area (Å²) in [6.07, 6.45) is 2.23. The maximum absolute atomic E-state index is 13.4. The van der Waals surface area contributed by atoms with Crippen molar-refractivity contribution in [2.24, 2.45) is 7.05 Å². The van der Waals surface area contributed by atoms with Gasteiger partial charge in [-0.15, -0.1) is 0 Å². The first-order chi connectivity index (χ1) is 15.0. The Hall–Kier alpha value is -3.81. The molecule has 0 atom stereocenters. The molecule has 0 saturated carbocycles. The lowest BCUT2D eigenvalue weighted by molar-refractivity contribution is 0.494. The number of furan rings is 1. The molecule has 0 saturated heterocycles. The number of benzene rings is 1. The van der Waals surface area contributed by atoms with E-state index in [4.69, 9.17) is 9.40 Å². The molecule has 0 aliphatic rings. The fourth-order valence-electron chi connectivity index (χ4n) is 4.15. The summed E-state index contributed by atoms with van der Waals surface area (Å²) in [7, 11) is 1.66. The van der Waals surface area contributed by atoms with Crippen LogP contribution in [0.15, 0.2) is 62.7 Å². The number of nitrogens with zero attached hydrogens (tertiary/aromatic N) is 5. The van der Waals surface area contributed by atoms with Gasteiger partial charge in [-0.05, 0) is 38.0 Å². The van der Waals surface area contributed by atoms with Gasteiger partial charge in [0.15, 0.2) is 11.2 Å². The molecule has 8 nitrogen and oxygen atoms in total. The molecule has 4 aromatic heterocycles. The highest BCUT2D eigenvalue weighted by Crippen LogP contribution is 2.22. The molecule has 0 spiro atoms. The molecule has 31 heavy (non-hydrogen) atoms. The quantitative estimate of drug-likeness (QED) is 0.440. The average molecular weight is 417 g/mol. The van der Waals surface area contributed by atoms with Gasteiger partial charge in [0.05, 0.1) is 12.8 Å². The molecule has 8 heteroatoms. The Morgan fingerprint density at radius 1 is 0.968 bits per heavy atom. The second kappa shape index (κ2) is 7.16. The van der Waals surface area contributed by atoms with Gasteiger partial charge in [-0.3, -0.25) is 18.3 Å². The van der Waals surface area contributed by atoms with Crippen molar-refractivity contribution in [3.8, 4) is 0 Å². The van der Waals surface area contributed by atoms with Crippen LogP contribution in [0, 0.1) is 13.8 Å². The minimum absolute atomic E-state index is 0.309. The zero-order valence-electron chi connectivity index (χ0n) is 17.7. The Labute approximate surface area is 177 Å². The van der Waals surface area contributed by atoms with Crippen LogP contribution in [-0.2, 0) is 26.6 Å². The molecule has 0 bridgehead atoms. The van der Waals surface area contributed by atoms with Crippen LogP contribution in [0.3, 0.4) is 0 Å². The van der Waals surface area contributed by atoms with Crippen molar-refractivity contribution in [1.29, 1.82) is 0 Å². The third kappa shape index (κ3) is 2.94. The van der Waals surface area contributed by atoms with Gasteiger partial charge in [0.2, 0.25) is 5.78 Å². The van der Waals surface area contributed by atoms with E-state index in [-0.39, 0.29) is 11.2 Å². The van der Waals surface area contributed by atoms with Crippen molar-refractivity contribution in [2.45, 2.75) is 33.4 Å². The van der Waals surface area contributed by atoms with Gasteiger partial charge in [-0.2, -0.15) is 4.98 Å². The number of imidazole rings is 2. The second-order valence-electron chi connectivity index (χ2n) is 7.79. The molecule has 0 amide bonds. The Kier molecular flexibility index (Phi) is 4.43. The van der Waals surface area contributed by atoms with Gasteiger partial charge in [0.25, 0.3) is 5.56 Å². The minimum atomic E-state index is -0.360. The lowest BCUT2D eigenvalue weighted by Gasteiger charge is -2.08. The van der Waals surface area contributed by atoms with Crippen molar-refractivity contribution >= 4 is 16.9 Å². The van der Waals surface area contributed by atoms with Gasteiger partial charge in [0, 0.05) is 25.0 Å². The van der Waals surface area contributed by atoms with E-state index in [1.165, 1.54) is 9.13 Å². The van der Waals surface area contributed by atoms with E-state index in [1.807, 2.05) is 65.3 Å². The highest BCUT2D eigenvalue weighted by atomic mass is 16.3. The summed E-state index contributed by atoms with van der Waals surface area (Å²) in [5.74, 6) is 1.41. The molecular weight excluding hydrogens is 394 g/mol. The second-order valence-corrected chi connectivity index (χ2v) is 7.79. The summed E-state index contributed by atoms with van der Waals surface area (Å²) in [6.45, 7) is 4.76. The highest BCUT2D eigenvalue weighted by molar-refractivity contribution is 5.76. The van der Waals surface area contributed by atoms with E-state index in [0.29, 0.717) is 36.5 Å². The molecule has 0 N–H and O–H groups in total. The molecule has 5 rings (SSSR count). The topological polar surface area (TPSA) is 79.4 Å². The Balaban J connectivity index is 1.70. The van der Waals surface area contributed by atoms with E-state index >= 15 is 0 Å². The third-order valence-electron chi connectivity index (χ3n) is 5.99. The van der Waals surface area contributed by atoms with Crippen LogP contribution in [0.4, 0.5) is 0 Å². The van der Waals surface area contributed by atoms with Gasteiger partial charge in [-0.25, -0.2) is 4.79 Å². The fraction of sp³-hybridized carbons (Fsp3) is 0.261. The van der Waals surface area contributed by atoms with E-state index < -0.39 is 0 Å². The molecule has 0 aliphatic heterocycles. The van der Waals surface area contributed by atoms with Crippen LogP contribution in [0.2, 0.25) is 0 Å². The number of hydrogen-bond donors (Lipinski definition) is 0. The minimum Gasteiger partial charge on any atom is -0.467 e. The predicted octanol–water partition coefficient (Wildman–Crippen LogP) is 2.65. The monoisotopic (exact) mass is 417 g/mol.